The summed E-state index contributed by atoms with van der Waals surface area (Å²) in [6.07, 6.45) is 0. The van der Waals surface area contributed by atoms with E-state index in [-0.39, 0.29) is 19.1 Å². The maximum absolute atomic E-state index is 10.9. The van der Waals surface area contributed by atoms with Crippen molar-refractivity contribution in [3.8, 4) is 0 Å². The Balaban J connectivity index is 2.73. The summed E-state index contributed by atoms with van der Waals surface area (Å²) >= 11 is 0. The van der Waals surface area contributed by atoms with Gasteiger partial charge >= 0.3 is 5.97 Å². The Morgan fingerprint density at radius 2 is 2.33 bits per heavy atom. The molecular formula is C7H11NO4. The highest BCUT2D eigenvalue weighted by molar-refractivity contribution is 5.83. The summed E-state index contributed by atoms with van der Waals surface area (Å²) in [5.41, 5.74) is -1.25. The molecule has 0 aromatic heterocycles. The van der Waals surface area contributed by atoms with Gasteiger partial charge in [0.15, 0.2) is 5.60 Å². The molecular weight excluding hydrogens is 162 g/mol. The predicted molar refractivity (Wildman–Crippen MR) is 39.6 cm³/mol. The highest BCUT2D eigenvalue weighted by Gasteiger charge is 2.40. The number of hydrogen-bond acceptors (Lipinski definition) is 3. The minimum Gasteiger partial charge on any atom is -0.479 e. The monoisotopic (exact) mass is 173 g/mol. The van der Waals surface area contributed by atoms with Gasteiger partial charge < -0.3 is 14.7 Å². The minimum atomic E-state index is -1.25. The Labute approximate surface area is 69.9 Å². The molecule has 0 bridgehead atoms. The van der Waals surface area contributed by atoms with E-state index in [1.165, 1.54) is 11.8 Å². The number of rotatable bonds is 1. The van der Waals surface area contributed by atoms with Gasteiger partial charge in [-0.2, -0.15) is 0 Å². The zero-order chi connectivity index (χ0) is 9.35. The number of carbonyl (C=O) groups is 2. The standard InChI is InChI=1S/C7H11NO4/c1-7(6(10)11)4-8(2)5(9)3-12-7/h3-4H2,1-2H3,(H,10,11). The van der Waals surface area contributed by atoms with E-state index < -0.39 is 11.6 Å². The summed E-state index contributed by atoms with van der Waals surface area (Å²) in [4.78, 5) is 22.9. The number of aliphatic carboxylic acids is 1. The summed E-state index contributed by atoms with van der Waals surface area (Å²) in [5, 5.41) is 8.74. The molecule has 1 aliphatic heterocycles. The second-order valence-electron chi connectivity index (χ2n) is 3.07. The largest absolute Gasteiger partial charge is 0.479 e. The van der Waals surface area contributed by atoms with Gasteiger partial charge in [-0.1, -0.05) is 0 Å². The highest BCUT2D eigenvalue weighted by Crippen LogP contribution is 2.16. The molecule has 68 valence electrons. The molecule has 0 spiro atoms. The molecule has 0 aromatic carbocycles. The number of amides is 1. The first kappa shape index (κ1) is 8.99. The molecule has 5 nitrogen and oxygen atoms in total. The molecule has 1 N–H and O–H groups in total. The van der Waals surface area contributed by atoms with E-state index >= 15 is 0 Å². The summed E-state index contributed by atoms with van der Waals surface area (Å²) in [6, 6.07) is 0. The third-order valence-corrected chi connectivity index (χ3v) is 1.93. The van der Waals surface area contributed by atoms with Gasteiger partial charge in [-0.3, -0.25) is 4.79 Å². The Morgan fingerprint density at radius 3 is 2.75 bits per heavy atom. The van der Waals surface area contributed by atoms with E-state index in [1.54, 1.807) is 7.05 Å². The van der Waals surface area contributed by atoms with E-state index in [1.807, 2.05) is 0 Å². The van der Waals surface area contributed by atoms with Crippen molar-refractivity contribution in [1.82, 2.24) is 4.90 Å². The first-order chi connectivity index (χ1) is 5.46. The fourth-order valence-corrected chi connectivity index (χ4v) is 1.05. The van der Waals surface area contributed by atoms with E-state index in [2.05, 4.69) is 0 Å². The second-order valence-corrected chi connectivity index (χ2v) is 3.07. The number of carboxylic acid groups (broad SMARTS) is 1. The fourth-order valence-electron chi connectivity index (χ4n) is 1.05. The molecule has 1 amide bonds. The Bertz CT molecular complexity index is 227. The molecule has 1 aliphatic rings. The van der Waals surface area contributed by atoms with Gasteiger partial charge in [-0.15, -0.1) is 0 Å². The molecule has 1 saturated heterocycles. The van der Waals surface area contributed by atoms with Crippen molar-refractivity contribution < 1.29 is 19.4 Å². The van der Waals surface area contributed by atoms with Crippen molar-refractivity contribution in [3.05, 3.63) is 0 Å². The van der Waals surface area contributed by atoms with E-state index in [9.17, 15) is 9.59 Å². The zero-order valence-corrected chi connectivity index (χ0v) is 7.03. The van der Waals surface area contributed by atoms with Crippen LogP contribution in [0.3, 0.4) is 0 Å². The molecule has 12 heavy (non-hydrogen) atoms. The Kier molecular flexibility index (Phi) is 2.06. The van der Waals surface area contributed by atoms with Crippen LogP contribution in [0, 0.1) is 0 Å². The number of hydrogen-bond donors (Lipinski definition) is 1. The number of morpholine rings is 1. The molecule has 0 aliphatic carbocycles. The predicted octanol–water partition coefficient (Wildman–Crippen LogP) is -0.682. The van der Waals surface area contributed by atoms with Crippen molar-refractivity contribution in [2.75, 3.05) is 20.2 Å². The highest BCUT2D eigenvalue weighted by atomic mass is 16.5. The van der Waals surface area contributed by atoms with Crippen LogP contribution in [0.2, 0.25) is 0 Å². The van der Waals surface area contributed by atoms with Crippen LogP contribution >= 0.6 is 0 Å². The first-order valence-electron chi connectivity index (χ1n) is 3.57. The van der Waals surface area contributed by atoms with Crippen LogP contribution < -0.4 is 0 Å². The van der Waals surface area contributed by atoms with Crippen LogP contribution in [-0.4, -0.2) is 47.7 Å². The molecule has 5 heteroatoms. The van der Waals surface area contributed by atoms with Crippen molar-refractivity contribution in [2.45, 2.75) is 12.5 Å². The minimum absolute atomic E-state index is 0.0984. The molecule has 0 radical (unpaired) electrons. The smallest absolute Gasteiger partial charge is 0.337 e. The summed E-state index contributed by atoms with van der Waals surface area (Å²) in [5.74, 6) is -1.23. The molecule has 1 unspecified atom stereocenters. The third kappa shape index (κ3) is 1.40. The number of nitrogens with zero attached hydrogens (tertiary/aromatic N) is 1. The number of ether oxygens (including phenoxy) is 1. The van der Waals surface area contributed by atoms with Crippen LogP contribution in [0.15, 0.2) is 0 Å². The van der Waals surface area contributed by atoms with Crippen LogP contribution in [0.1, 0.15) is 6.92 Å². The average Bonchev–Trinajstić information content (AvgIpc) is 1.97. The van der Waals surface area contributed by atoms with E-state index in [0.717, 1.165) is 0 Å². The van der Waals surface area contributed by atoms with Gasteiger partial charge in [0.2, 0.25) is 5.91 Å². The van der Waals surface area contributed by atoms with Crippen molar-refractivity contribution in [1.29, 1.82) is 0 Å². The molecule has 1 rings (SSSR count). The summed E-state index contributed by atoms with van der Waals surface area (Å²) in [7, 11) is 1.56. The fraction of sp³-hybridized carbons (Fsp3) is 0.714. The van der Waals surface area contributed by atoms with E-state index in [0.29, 0.717) is 0 Å². The first-order valence-corrected chi connectivity index (χ1v) is 3.57. The Morgan fingerprint density at radius 1 is 1.75 bits per heavy atom. The van der Waals surface area contributed by atoms with Crippen LogP contribution in [0.4, 0.5) is 0 Å². The lowest BCUT2D eigenvalue weighted by Gasteiger charge is -2.34. The summed E-state index contributed by atoms with van der Waals surface area (Å²) in [6.45, 7) is 1.40. The van der Waals surface area contributed by atoms with Gasteiger partial charge in [0.1, 0.15) is 6.61 Å². The Hall–Kier alpha value is -1.10. The topological polar surface area (TPSA) is 66.8 Å². The molecule has 0 saturated carbocycles. The maximum Gasteiger partial charge on any atom is 0.337 e. The number of carbonyl (C=O) groups excluding carboxylic acids is 1. The normalized spacial score (nSPS) is 30.5. The SMILES string of the molecule is CN1CC(C)(C(=O)O)OCC1=O. The van der Waals surface area contributed by atoms with Gasteiger partial charge in [0.25, 0.3) is 0 Å². The lowest BCUT2D eigenvalue weighted by atomic mass is 10.1. The molecule has 1 heterocycles. The van der Waals surface area contributed by atoms with Crippen LogP contribution in [0.25, 0.3) is 0 Å². The molecule has 1 atom stereocenters. The van der Waals surface area contributed by atoms with Crippen LogP contribution in [-0.2, 0) is 14.3 Å². The molecule has 0 aromatic rings. The lowest BCUT2D eigenvalue weighted by Crippen LogP contribution is -2.55. The quantitative estimate of drug-likeness (QED) is 0.570. The maximum atomic E-state index is 10.9. The van der Waals surface area contributed by atoms with Gasteiger partial charge in [0.05, 0.1) is 6.54 Å². The van der Waals surface area contributed by atoms with Crippen LogP contribution in [0.5, 0.6) is 0 Å². The molecule has 1 fully saturated rings. The van der Waals surface area contributed by atoms with Gasteiger partial charge in [-0.25, -0.2) is 4.79 Å². The van der Waals surface area contributed by atoms with Crippen molar-refractivity contribution in [2.24, 2.45) is 0 Å². The zero-order valence-electron chi connectivity index (χ0n) is 7.03. The van der Waals surface area contributed by atoms with Crippen molar-refractivity contribution in [3.63, 3.8) is 0 Å². The van der Waals surface area contributed by atoms with Gasteiger partial charge in [0, 0.05) is 7.05 Å². The van der Waals surface area contributed by atoms with Crippen molar-refractivity contribution >= 4 is 11.9 Å². The third-order valence-electron chi connectivity index (χ3n) is 1.93. The second kappa shape index (κ2) is 2.75. The summed E-state index contributed by atoms with van der Waals surface area (Å²) < 4.78 is 4.92. The lowest BCUT2D eigenvalue weighted by molar-refractivity contribution is -0.179. The average molecular weight is 173 g/mol. The number of likely N-dealkylation sites (N-methyl/N-ethyl adjacent to an activating group) is 1. The van der Waals surface area contributed by atoms with E-state index in [4.69, 9.17) is 9.84 Å². The van der Waals surface area contributed by atoms with Gasteiger partial charge in [-0.05, 0) is 6.92 Å². The number of carboxylic acids is 1.